The van der Waals surface area contributed by atoms with E-state index >= 15 is 0 Å². The van der Waals surface area contributed by atoms with E-state index < -0.39 is 82.8 Å². The first kappa shape index (κ1) is 44.9. The van der Waals surface area contributed by atoms with Crippen LogP contribution in [-0.4, -0.2) is 98.2 Å². The molecule has 0 N–H and O–H groups in total. The molecule has 0 fully saturated rings. The Balaban J connectivity index is 1.70. The highest BCUT2D eigenvalue weighted by molar-refractivity contribution is 6.15. The van der Waals surface area contributed by atoms with Gasteiger partial charge >= 0.3 is 36.4 Å². The van der Waals surface area contributed by atoms with Gasteiger partial charge in [0.25, 0.3) is 0 Å². The second-order valence-corrected chi connectivity index (χ2v) is 13.3. The predicted molar refractivity (Wildman–Crippen MR) is 207 cm³/mol. The molecule has 0 aliphatic rings. The summed E-state index contributed by atoms with van der Waals surface area (Å²) in [6.07, 6.45) is -5.31. The Hall–Kier alpha value is -7.76. The third kappa shape index (κ3) is 11.4. The third-order valence-corrected chi connectivity index (χ3v) is 7.58. The Morgan fingerprint density at radius 1 is 0.417 bits per heavy atom. The molecule has 18 nitrogen and oxygen atoms in total. The molecule has 0 saturated heterocycles. The molecule has 60 heavy (non-hydrogen) atoms. The highest BCUT2D eigenvalue weighted by Crippen LogP contribution is 2.33. The molecule has 2 amide bonds. The lowest BCUT2D eigenvalue weighted by Gasteiger charge is -2.17. The molecule has 18 heteroatoms. The standard InChI is InChI=1S/C42H40N2O16/c1-23(2)53-41(51)55-31-21-11-9-15-25(31)33(45)27-17-13-19-29(35(27)57-39(49)43(5)6)37(47)59-60-38(48)30-20-14-18-28(36(30)58-40(50)44(7)8)34(46)26-16-10-12-22-32(26)56-42(52)54-24(3)4/h9-24H,1-8H3. The van der Waals surface area contributed by atoms with Crippen LogP contribution in [0.2, 0.25) is 0 Å². The summed E-state index contributed by atoms with van der Waals surface area (Å²) >= 11 is 0. The van der Waals surface area contributed by atoms with E-state index in [0.29, 0.717) is 0 Å². The number of amides is 2. The Labute approximate surface area is 343 Å². The first-order valence-corrected chi connectivity index (χ1v) is 17.9. The van der Waals surface area contributed by atoms with E-state index in [-0.39, 0.29) is 33.8 Å². The largest absolute Gasteiger partial charge is 0.514 e. The second-order valence-electron chi connectivity index (χ2n) is 13.3. The number of carbonyl (C=O) groups excluding carboxylic acids is 8. The Morgan fingerprint density at radius 2 is 0.733 bits per heavy atom. The van der Waals surface area contributed by atoms with E-state index in [1.54, 1.807) is 27.7 Å². The van der Waals surface area contributed by atoms with Crippen molar-refractivity contribution in [2.24, 2.45) is 0 Å². The molecule has 0 bridgehead atoms. The molecule has 0 heterocycles. The van der Waals surface area contributed by atoms with E-state index in [1.165, 1.54) is 101 Å². The summed E-state index contributed by atoms with van der Waals surface area (Å²) in [5.41, 5.74) is -2.25. The summed E-state index contributed by atoms with van der Waals surface area (Å²) in [6.45, 7) is 6.37. The average Bonchev–Trinajstić information content (AvgIpc) is 3.19. The van der Waals surface area contributed by atoms with Crippen molar-refractivity contribution in [1.82, 2.24) is 9.80 Å². The summed E-state index contributed by atoms with van der Waals surface area (Å²) in [4.78, 5) is 117. The van der Waals surface area contributed by atoms with Crippen molar-refractivity contribution in [3.63, 3.8) is 0 Å². The summed E-state index contributed by atoms with van der Waals surface area (Å²) in [5, 5.41) is 0. The summed E-state index contributed by atoms with van der Waals surface area (Å²) in [6, 6.07) is 18.3. The molecule has 0 aromatic heterocycles. The van der Waals surface area contributed by atoms with E-state index in [1.807, 2.05) is 0 Å². The molecule has 0 saturated carbocycles. The van der Waals surface area contributed by atoms with Crippen molar-refractivity contribution >= 4 is 48.0 Å². The van der Waals surface area contributed by atoms with Crippen LogP contribution in [-0.2, 0) is 19.2 Å². The normalized spacial score (nSPS) is 10.5. The Kier molecular flexibility index (Phi) is 15.0. The predicted octanol–water partition coefficient (Wildman–Crippen LogP) is 7.05. The molecule has 0 spiro atoms. The van der Waals surface area contributed by atoms with Gasteiger partial charge in [0.1, 0.15) is 22.6 Å². The SMILES string of the molecule is CC(C)OC(=O)Oc1ccccc1C(=O)c1cccc(C(=O)OOC(=O)c2cccc(C(=O)c3ccccc3OC(=O)OC(C)C)c2OC(=O)N(C)C)c1OC(=O)N(C)C. The molecule has 0 aliphatic carbocycles. The van der Waals surface area contributed by atoms with Gasteiger partial charge in [-0.15, -0.1) is 0 Å². The van der Waals surface area contributed by atoms with Gasteiger partial charge in [0.05, 0.1) is 34.5 Å². The number of ketones is 2. The lowest BCUT2D eigenvalue weighted by molar-refractivity contribution is -0.187. The van der Waals surface area contributed by atoms with E-state index in [4.69, 9.17) is 38.2 Å². The fraction of sp³-hybridized carbons (Fsp3) is 0.238. The van der Waals surface area contributed by atoms with Crippen molar-refractivity contribution in [2.75, 3.05) is 28.2 Å². The van der Waals surface area contributed by atoms with Crippen LogP contribution in [0.4, 0.5) is 19.2 Å². The van der Waals surface area contributed by atoms with Crippen LogP contribution in [0.25, 0.3) is 0 Å². The molecule has 4 aromatic rings. The average molecular weight is 829 g/mol. The molecule has 0 unspecified atom stereocenters. The topological polar surface area (TPSA) is 217 Å². The van der Waals surface area contributed by atoms with Gasteiger partial charge in [-0.2, -0.15) is 0 Å². The van der Waals surface area contributed by atoms with Crippen molar-refractivity contribution in [2.45, 2.75) is 39.9 Å². The van der Waals surface area contributed by atoms with Crippen molar-refractivity contribution in [3.8, 4) is 23.0 Å². The number of hydrogen-bond donors (Lipinski definition) is 0. The maximum Gasteiger partial charge on any atom is 0.514 e. The minimum absolute atomic E-state index is 0.184. The van der Waals surface area contributed by atoms with Gasteiger partial charge in [-0.25, -0.2) is 38.5 Å². The number of rotatable bonds is 12. The van der Waals surface area contributed by atoms with E-state index in [0.717, 1.165) is 21.9 Å². The number of nitrogens with zero attached hydrogens (tertiary/aromatic N) is 2. The van der Waals surface area contributed by atoms with Crippen molar-refractivity contribution in [3.05, 3.63) is 118 Å². The van der Waals surface area contributed by atoms with E-state index in [2.05, 4.69) is 0 Å². The molecule has 4 rings (SSSR count). The van der Waals surface area contributed by atoms with Crippen LogP contribution in [0.15, 0.2) is 84.9 Å². The summed E-state index contributed by atoms with van der Waals surface area (Å²) in [7, 11) is 5.34. The van der Waals surface area contributed by atoms with Crippen LogP contribution < -0.4 is 18.9 Å². The highest BCUT2D eigenvalue weighted by atomic mass is 17.2. The third-order valence-electron chi connectivity index (χ3n) is 7.58. The maximum atomic E-state index is 14.0. The molecular formula is C42H40N2O16. The minimum atomic E-state index is -1.44. The van der Waals surface area contributed by atoms with Crippen molar-refractivity contribution < 1.29 is 76.6 Å². The second kappa shape index (κ2) is 20.1. The van der Waals surface area contributed by atoms with Crippen LogP contribution in [0.3, 0.4) is 0 Å². The van der Waals surface area contributed by atoms with Gasteiger partial charge in [0, 0.05) is 28.2 Å². The smallest absolute Gasteiger partial charge is 0.431 e. The first-order chi connectivity index (χ1) is 28.4. The fourth-order valence-corrected chi connectivity index (χ4v) is 4.88. The molecular weight excluding hydrogens is 788 g/mol. The van der Waals surface area contributed by atoms with Gasteiger partial charge in [-0.1, -0.05) is 36.4 Å². The molecule has 4 aromatic carbocycles. The lowest BCUT2D eigenvalue weighted by Crippen LogP contribution is -2.27. The van der Waals surface area contributed by atoms with Crippen LogP contribution in [0.1, 0.15) is 80.3 Å². The van der Waals surface area contributed by atoms with Gasteiger partial charge in [0.2, 0.25) is 11.6 Å². The fourth-order valence-electron chi connectivity index (χ4n) is 4.88. The molecule has 314 valence electrons. The van der Waals surface area contributed by atoms with Crippen molar-refractivity contribution in [1.29, 1.82) is 0 Å². The number of ether oxygens (including phenoxy) is 6. The first-order valence-electron chi connectivity index (χ1n) is 17.9. The van der Waals surface area contributed by atoms with Gasteiger partial charge in [-0.3, -0.25) is 9.59 Å². The van der Waals surface area contributed by atoms with Gasteiger partial charge in [0.15, 0.2) is 11.5 Å². The van der Waals surface area contributed by atoms with Gasteiger partial charge in [-0.05, 0) is 76.2 Å². The Bertz CT molecular complexity index is 2150. The zero-order valence-electron chi connectivity index (χ0n) is 33.7. The zero-order valence-corrected chi connectivity index (χ0v) is 33.7. The summed E-state index contributed by atoms with van der Waals surface area (Å²) < 4.78 is 31.4. The quantitative estimate of drug-likeness (QED) is 0.0460. The van der Waals surface area contributed by atoms with Crippen LogP contribution >= 0.6 is 0 Å². The van der Waals surface area contributed by atoms with Gasteiger partial charge < -0.3 is 38.2 Å². The van der Waals surface area contributed by atoms with Crippen LogP contribution in [0, 0.1) is 0 Å². The van der Waals surface area contributed by atoms with Crippen LogP contribution in [0.5, 0.6) is 23.0 Å². The molecule has 0 radical (unpaired) electrons. The lowest BCUT2D eigenvalue weighted by atomic mass is 9.99. The number of benzene rings is 4. The molecule has 0 atom stereocenters. The summed E-state index contributed by atoms with van der Waals surface area (Å²) in [5.74, 6) is -6.28. The molecule has 0 aliphatic heterocycles. The monoisotopic (exact) mass is 828 g/mol. The minimum Gasteiger partial charge on any atom is -0.431 e. The number of para-hydroxylation sites is 4. The Morgan fingerprint density at radius 3 is 1.07 bits per heavy atom. The zero-order chi connectivity index (χ0) is 44.3. The number of hydrogen-bond acceptors (Lipinski definition) is 16. The maximum absolute atomic E-state index is 14.0. The van der Waals surface area contributed by atoms with E-state index in [9.17, 15) is 38.4 Å². The number of carbonyl (C=O) groups is 8. The highest BCUT2D eigenvalue weighted by Gasteiger charge is 2.31.